The van der Waals surface area contributed by atoms with Gasteiger partial charge in [0.15, 0.2) is 0 Å². The van der Waals surface area contributed by atoms with Crippen LogP contribution in [-0.4, -0.2) is 54.8 Å². The van der Waals surface area contributed by atoms with Crippen LogP contribution < -0.4 is 4.74 Å². The zero-order valence-corrected chi connectivity index (χ0v) is 13.6. The molecule has 1 saturated carbocycles. The Morgan fingerprint density at radius 2 is 1.88 bits per heavy atom. The Morgan fingerprint density at radius 1 is 1.12 bits per heavy atom. The quantitative estimate of drug-likeness (QED) is 0.732. The predicted molar refractivity (Wildman–Crippen MR) is 86.7 cm³/mol. The highest BCUT2D eigenvalue weighted by atomic mass is 16.5. The summed E-state index contributed by atoms with van der Waals surface area (Å²) in [4.78, 5) is 25.2. The lowest BCUT2D eigenvalue weighted by atomic mass is 9.92. The van der Waals surface area contributed by atoms with E-state index >= 15 is 0 Å². The van der Waals surface area contributed by atoms with E-state index in [1.165, 1.54) is 0 Å². The van der Waals surface area contributed by atoms with Crippen molar-refractivity contribution in [3.05, 3.63) is 30.3 Å². The summed E-state index contributed by atoms with van der Waals surface area (Å²) in [5.41, 5.74) is 0. The van der Waals surface area contributed by atoms with Gasteiger partial charge >= 0.3 is 5.97 Å². The molecule has 1 N–H and O–H groups in total. The topological polar surface area (TPSA) is 76.1 Å². The number of aliphatic carboxylic acids is 1. The second-order valence-corrected chi connectivity index (χ2v) is 6.46. The first-order valence-electron chi connectivity index (χ1n) is 8.41. The van der Waals surface area contributed by atoms with Crippen LogP contribution in [-0.2, 0) is 14.3 Å². The first kappa shape index (κ1) is 16.8. The van der Waals surface area contributed by atoms with E-state index in [1.54, 1.807) is 4.90 Å². The van der Waals surface area contributed by atoms with Gasteiger partial charge in [-0.15, -0.1) is 0 Å². The second-order valence-electron chi connectivity index (χ2n) is 6.46. The molecular formula is C18H23NO5. The van der Waals surface area contributed by atoms with Crippen LogP contribution in [0.5, 0.6) is 5.75 Å². The largest absolute Gasteiger partial charge is 0.491 e. The highest BCUT2D eigenvalue weighted by Crippen LogP contribution is 2.44. The summed E-state index contributed by atoms with van der Waals surface area (Å²) in [5.74, 6) is -0.00754. The number of hydrogen-bond acceptors (Lipinski definition) is 4. The molecule has 24 heavy (non-hydrogen) atoms. The van der Waals surface area contributed by atoms with E-state index < -0.39 is 11.9 Å². The minimum atomic E-state index is -0.792. The smallest absolute Gasteiger partial charge is 0.308 e. The Morgan fingerprint density at radius 3 is 2.54 bits per heavy atom. The van der Waals surface area contributed by atoms with Gasteiger partial charge in [-0.25, -0.2) is 0 Å². The van der Waals surface area contributed by atoms with Crippen molar-refractivity contribution in [3.8, 4) is 5.75 Å². The summed E-state index contributed by atoms with van der Waals surface area (Å²) >= 11 is 0. The summed E-state index contributed by atoms with van der Waals surface area (Å²) in [6.45, 7) is 1.52. The molecule has 6 heteroatoms. The third-order valence-electron chi connectivity index (χ3n) is 4.73. The molecule has 0 aromatic heterocycles. The molecule has 1 heterocycles. The van der Waals surface area contributed by atoms with Gasteiger partial charge in [-0.05, 0) is 36.8 Å². The van der Waals surface area contributed by atoms with Gasteiger partial charge in [0, 0.05) is 13.1 Å². The minimum Gasteiger partial charge on any atom is -0.491 e. The van der Waals surface area contributed by atoms with Gasteiger partial charge in [0.05, 0.1) is 12.5 Å². The van der Waals surface area contributed by atoms with E-state index in [0.29, 0.717) is 32.2 Å². The summed E-state index contributed by atoms with van der Waals surface area (Å²) in [5, 5.41) is 9.33. The van der Waals surface area contributed by atoms with Crippen LogP contribution in [0, 0.1) is 17.8 Å². The number of carbonyl (C=O) groups is 2. The molecule has 1 aromatic rings. The number of nitrogens with zero attached hydrogens (tertiary/aromatic N) is 1. The maximum atomic E-state index is 12.2. The number of ether oxygens (including phenoxy) is 2. The number of carboxylic acid groups (broad SMARTS) is 1. The van der Waals surface area contributed by atoms with Gasteiger partial charge in [0.1, 0.15) is 19.0 Å². The fourth-order valence-corrected chi connectivity index (χ4v) is 3.28. The Balaban J connectivity index is 1.37. The maximum absolute atomic E-state index is 12.2. The molecule has 1 aliphatic heterocycles. The van der Waals surface area contributed by atoms with Crippen molar-refractivity contribution in [1.29, 1.82) is 0 Å². The zero-order valence-electron chi connectivity index (χ0n) is 13.6. The van der Waals surface area contributed by atoms with Gasteiger partial charge in [-0.1, -0.05) is 18.2 Å². The lowest BCUT2D eigenvalue weighted by Crippen LogP contribution is -2.33. The van der Waals surface area contributed by atoms with Gasteiger partial charge in [0.2, 0.25) is 5.91 Å². The molecule has 1 amide bonds. The van der Waals surface area contributed by atoms with E-state index in [-0.39, 0.29) is 18.4 Å². The number of amides is 1. The fraction of sp³-hybridized carbons (Fsp3) is 0.556. The highest BCUT2D eigenvalue weighted by molar-refractivity contribution is 5.80. The molecule has 2 atom stereocenters. The Kier molecular flexibility index (Phi) is 5.35. The molecule has 0 unspecified atom stereocenters. The van der Waals surface area contributed by atoms with E-state index in [1.807, 2.05) is 30.3 Å². The van der Waals surface area contributed by atoms with Gasteiger partial charge in [-0.2, -0.15) is 0 Å². The number of carbonyl (C=O) groups excluding carboxylic acids is 1. The average molecular weight is 333 g/mol. The Hall–Kier alpha value is -2.08. The number of hydrogen-bond donors (Lipinski definition) is 1. The van der Waals surface area contributed by atoms with Gasteiger partial charge < -0.3 is 19.5 Å². The molecule has 1 aliphatic carbocycles. The third kappa shape index (κ3) is 4.26. The lowest BCUT2D eigenvalue weighted by Gasteiger charge is -2.16. The standard InChI is InChI=1S/C18H23NO5/c20-17(12-23-8-9-24-14-4-2-1-3-5-14)19-10-15(13-6-7-13)16(11-19)18(21)22/h1-5,13,15-16H,6-12H2,(H,21,22)/t15-,16+/m1/s1. The summed E-state index contributed by atoms with van der Waals surface area (Å²) in [6, 6.07) is 9.42. The first-order valence-corrected chi connectivity index (χ1v) is 8.41. The van der Waals surface area contributed by atoms with E-state index in [0.717, 1.165) is 18.6 Å². The van der Waals surface area contributed by atoms with Crippen LogP contribution in [0.3, 0.4) is 0 Å². The van der Waals surface area contributed by atoms with Crippen molar-refractivity contribution in [2.45, 2.75) is 12.8 Å². The number of benzene rings is 1. The van der Waals surface area contributed by atoms with Crippen LogP contribution in [0.2, 0.25) is 0 Å². The molecule has 3 rings (SSSR count). The number of para-hydroxylation sites is 1. The van der Waals surface area contributed by atoms with Crippen LogP contribution in [0.15, 0.2) is 30.3 Å². The SMILES string of the molecule is O=C(O)[C@H]1CN(C(=O)COCCOc2ccccc2)C[C@@H]1C1CC1. The van der Waals surface area contributed by atoms with Gasteiger partial charge in [0.25, 0.3) is 0 Å². The summed E-state index contributed by atoms with van der Waals surface area (Å²) in [7, 11) is 0. The molecule has 6 nitrogen and oxygen atoms in total. The zero-order chi connectivity index (χ0) is 16.9. The minimum absolute atomic E-state index is 0.0259. The van der Waals surface area contributed by atoms with E-state index in [4.69, 9.17) is 9.47 Å². The summed E-state index contributed by atoms with van der Waals surface area (Å²) in [6.07, 6.45) is 2.17. The van der Waals surface area contributed by atoms with Crippen LogP contribution in [0.25, 0.3) is 0 Å². The van der Waals surface area contributed by atoms with Crippen LogP contribution in [0.1, 0.15) is 12.8 Å². The first-order chi connectivity index (χ1) is 11.6. The highest BCUT2D eigenvalue weighted by Gasteiger charge is 2.46. The Bertz CT molecular complexity index is 572. The van der Waals surface area contributed by atoms with Crippen molar-refractivity contribution >= 4 is 11.9 Å². The number of carboxylic acids is 1. The van der Waals surface area contributed by atoms with Crippen molar-refractivity contribution < 1.29 is 24.2 Å². The van der Waals surface area contributed by atoms with Crippen LogP contribution in [0.4, 0.5) is 0 Å². The molecule has 0 spiro atoms. The average Bonchev–Trinajstić information content (AvgIpc) is 3.33. The molecule has 0 bridgehead atoms. The molecule has 2 fully saturated rings. The van der Waals surface area contributed by atoms with Crippen LogP contribution >= 0.6 is 0 Å². The lowest BCUT2D eigenvalue weighted by molar-refractivity contribution is -0.143. The normalized spacial score (nSPS) is 23.2. The maximum Gasteiger partial charge on any atom is 0.308 e. The molecule has 0 radical (unpaired) electrons. The van der Waals surface area contributed by atoms with E-state index in [9.17, 15) is 14.7 Å². The number of likely N-dealkylation sites (tertiary alicyclic amines) is 1. The molecule has 1 aromatic carbocycles. The van der Waals surface area contributed by atoms with Crippen molar-refractivity contribution in [2.75, 3.05) is 32.9 Å². The van der Waals surface area contributed by atoms with Crippen molar-refractivity contribution in [1.82, 2.24) is 4.90 Å². The summed E-state index contributed by atoms with van der Waals surface area (Å²) < 4.78 is 10.9. The second kappa shape index (κ2) is 7.66. The number of rotatable bonds is 8. The predicted octanol–water partition coefficient (Wildman–Crippen LogP) is 1.65. The molecule has 1 saturated heterocycles. The molecule has 130 valence electrons. The van der Waals surface area contributed by atoms with Crippen molar-refractivity contribution in [3.63, 3.8) is 0 Å². The van der Waals surface area contributed by atoms with E-state index in [2.05, 4.69) is 0 Å². The monoisotopic (exact) mass is 333 g/mol. The fourth-order valence-electron chi connectivity index (χ4n) is 3.28. The molecular weight excluding hydrogens is 310 g/mol. The third-order valence-corrected chi connectivity index (χ3v) is 4.73. The van der Waals surface area contributed by atoms with Crippen molar-refractivity contribution in [2.24, 2.45) is 17.8 Å². The molecule has 2 aliphatic rings. The Labute approximate surface area is 141 Å². The van der Waals surface area contributed by atoms with Gasteiger partial charge in [-0.3, -0.25) is 9.59 Å².